The number of carbonyl (C=O) groups is 1. The van der Waals surface area contributed by atoms with Gasteiger partial charge in [0.2, 0.25) is 5.91 Å². The predicted octanol–water partition coefficient (Wildman–Crippen LogP) is 1.36. The summed E-state index contributed by atoms with van der Waals surface area (Å²) in [6.45, 7) is 3.14. The van der Waals surface area contributed by atoms with Crippen molar-refractivity contribution >= 4 is 5.91 Å². The summed E-state index contributed by atoms with van der Waals surface area (Å²) in [6, 6.07) is 10.4. The second kappa shape index (κ2) is 6.86. The molecule has 1 aromatic rings. The largest absolute Gasteiger partial charge is 0.356 e. The third-order valence-corrected chi connectivity index (χ3v) is 4.02. The summed E-state index contributed by atoms with van der Waals surface area (Å²) >= 11 is 0. The molecule has 1 amide bonds. The molecule has 4 nitrogen and oxygen atoms in total. The molecule has 0 saturated heterocycles. The number of nitrogens with zero attached hydrogens (tertiary/aromatic N) is 1. The molecule has 0 aliphatic heterocycles. The highest BCUT2D eigenvalue weighted by molar-refractivity contribution is 5.85. The van der Waals surface area contributed by atoms with E-state index in [2.05, 4.69) is 41.5 Å². The van der Waals surface area contributed by atoms with Crippen molar-refractivity contribution in [2.24, 2.45) is 11.1 Å². The third kappa shape index (κ3) is 4.05. The summed E-state index contributed by atoms with van der Waals surface area (Å²) in [7, 11) is 2.11. The van der Waals surface area contributed by atoms with Crippen LogP contribution in [0.2, 0.25) is 0 Å². The van der Waals surface area contributed by atoms with Crippen LogP contribution < -0.4 is 11.1 Å². The van der Waals surface area contributed by atoms with Gasteiger partial charge in [-0.3, -0.25) is 4.79 Å². The Labute approximate surface area is 121 Å². The first-order valence-corrected chi connectivity index (χ1v) is 7.37. The zero-order valence-electron chi connectivity index (χ0n) is 12.3. The fourth-order valence-electron chi connectivity index (χ4n) is 2.39. The molecule has 1 saturated carbocycles. The van der Waals surface area contributed by atoms with Crippen LogP contribution in [-0.4, -0.2) is 37.5 Å². The Hall–Kier alpha value is -1.39. The minimum Gasteiger partial charge on any atom is -0.356 e. The molecule has 4 heteroatoms. The molecule has 20 heavy (non-hydrogen) atoms. The molecular formula is C16H25N3O. The highest BCUT2D eigenvalue weighted by atomic mass is 16.2. The molecule has 1 aliphatic carbocycles. The first-order chi connectivity index (χ1) is 9.66. The number of amides is 1. The summed E-state index contributed by atoms with van der Waals surface area (Å²) in [5.41, 5.74) is 6.73. The number of benzene rings is 1. The van der Waals surface area contributed by atoms with E-state index < -0.39 is 0 Å². The van der Waals surface area contributed by atoms with Gasteiger partial charge in [0.05, 0.1) is 5.41 Å². The average Bonchev–Trinajstić information content (AvgIpc) is 3.25. The lowest BCUT2D eigenvalue weighted by molar-refractivity contribution is -0.125. The standard InChI is InChI=1S/C16H25N3O/c1-19(12-14-6-3-2-4-7-14)11-5-10-18-15(20)16(13-17)8-9-16/h2-4,6-7H,5,8-13,17H2,1H3,(H,18,20). The SMILES string of the molecule is CN(CCCNC(=O)C1(CN)CC1)Cc1ccccc1. The smallest absolute Gasteiger partial charge is 0.227 e. The fraction of sp³-hybridized carbons (Fsp3) is 0.562. The van der Waals surface area contributed by atoms with Gasteiger partial charge < -0.3 is 16.0 Å². The zero-order chi connectivity index (χ0) is 14.4. The van der Waals surface area contributed by atoms with Crippen molar-refractivity contribution in [1.29, 1.82) is 0 Å². The number of hydrogen-bond donors (Lipinski definition) is 2. The van der Waals surface area contributed by atoms with Crippen LogP contribution in [0.5, 0.6) is 0 Å². The maximum atomic E-state index is 11.9. The molecule has 0 atom stereocenters. The molecule has 0 spiro atoms. The van der Waals surface area contributed by atoms with Crippen molar-refractivity contribution in [1.82, 2.24) is 10.2 Å². The second-order valence-corrected chi connectivity index (χ2v) is 5.82. The van der Waals surface area contributed by atoms with Crippen molar-refractivity contribution < 1.29 is 4.79 Å². The van der Waals surface area contributed by atoms with E-state index in [9.17, 15) is 4.79 Å². The average molecular weight is 275 g/mol. The molecule has 0 unspecified atom stereocenters. The van der Waals surface area contributed by atoms with Crippen molar-refractivity contribution in [2.45, 2.75) is 25.8 Å². The van der Waals surface area contributed by atoms with Crippen LogP contribution in [0.25, 0.3) is 0 Å². The van der Waals surface area contributed by atoms with Gasteiger partial charge in [0, 0.05) is 19.6 Å². The Morgan fingerprint density at radius 1 is 1.35 bits per heavy atom. The van der Waals surface area contributed by atoms with Gasteiger partial charge in [-0.25, -0.2) is 0 Å². The maximum absolute atomic E-state index is 11.9. The molecule has 2 rings (SSSR count). The molecule has 1 aliphatic rings. The van der Waals surface area contributed by atoms with Gasteiger partial charge in [-0.1, -0.05) is 30.3 Å². The number of nitrogens with one attached hydrogen (secondary N) is 1. The molecule has 0 heterocycles. The maximum Gasteiger partial charge on any atom is 0.227 e. The van der Waals surface area contributed by atoms with Crippen LogP contribution in [-0.2, 0) is 11.3 Å². The Kier molecular flexibility index (Phi) is 5.15. The van der Waals surface area contributed by atoms with Gasteiger partial charge in [-0.2, -0.15) is 0 Å². The van der Waals surface area contributed by atoms with E-state index in [0.29, 0.717) is 6.54 Å². The predicted molar refractivity (Wildman–Crippen MR) is 81.1 cm³/mol. The van der Waals surface area contributed by atoms with E-state index >= 15 is 0 Å². The van der Waals surface area contributed by atoms with Crippen molar-refractivity contribution in [2.75, 3.05) is 26.7 Å². The highest BCUT2D eigenvalue weighted by Crippen LogP contribution is 2.44. The number of carbonyl (C=O) groups excluding carboxylic acids is 1. The molecule has 0 aromatic heterocycles. The van der Waals surface area contributed by atoms with E-state index in [1.807, 2.05) is 6.07 Å². The van der Waals surface area contributed by atoms with Gasteiger partial charge >= 0.3 is 0 Å². The molecule has 3 N–H and O–H groups in total. The molecule has 1 fully saturated rings. The lowest BCUT2D eigenvalue weighted by Crippen LogP contribution is -2.37. The number of hydrogen-bond acceptors (Lipinski definition) is 3. The molecule has 110 valence electrons. The van der Waals surface area contributed by atoms with Crippen LogP contribution in [0.1, 0.15) is 24.8 Å². The third-order valence-electron chi connectivity index (χ3n) is 4.02. The van der Waals surface area contributed by atoms with E-state index in [1.165, 1.54) is 5.56 Å². The summed E-state index contributed by atoms with van der Waals surface area (Å²) in [5.74, 6) is 0.144. The Morgan fingerprint density at radius 3 is 2.65 bits per heavy atom. The Bertz CT molecular complexity index is 429. The number of nitrogens with two attached hydrogens (primary N) is 1. The number of rotatable bonds is 8. The quantitative estimate of drug-likeness (QED) is 0.704. The summed E-state index contributed by atoms with van der Waals surface area (Å²) in [5, 5.41) is 3.01. The van der Waals surface area contributed by atoms with Gasteiger partial charge in [-0.05, 0) is 38.4 Å². The van der Waals surface area contributed by atoms with Gasteiger partial charge in [-0.15, -0.1) is 0 Å². The fourth-order valence-corrected chi connectivity index (χ4v) is 2.39. The van der Waals surface area contributed by atoms with Gasteiger partial charge in [0.15, 0.2) is 0 Å². The zero-order valence-corrected chi connectivity index (χ0v) is 12.3. The van der Waals surface area contributed by atoms with E-state index in [-0.39, 0.29) is 11.3 Å². The Morgan fingerprint density at radius 2 is 2.05 bits per heavy atom. The Balaban J connectivity index is 1.60. The molecule has 0 bridgehead atoms. The summed E-state index contributed by atoms with van der Waals surface area (Å²) in [6.07, 6.45) is 2.86. The first kappa shape index (κ1) is 15.0. The van der Waals surface area contributed by atoms with Crippen molar-refractivity contribution in [3.63, 3.8) is 0 Å². The van der Waals surface area contributed by atoms with E-state index in [0.717, 1.165) is 38.9 Å². The molecular weight excluding hydrogens is 250 g/mol. The second-order valence-electron chi connectivity index (χ2n) is 5.82. The van der Waals surface area contributed by atoms with Crippen LogP contribution in [0.3, 0.4) is 0 Å². The first-order valence-electron chi connectivity index (χ1n) is 7.37. The highest BCUT2D eigenvalue weighted by Gasteiger charge is 2.48. The van der Waals surface area contributed by atoms with Crippen molar-refractivity contribution in [3.05, 3.63) is 35.9 Å². The van der Waals surface area contributed by atoms with Crippen molar-refractivity contribution in [3.8, 4) is 0 Å². The summed E-state index contributed by atoms with van der Waals surface area (Å²) < 4.78 is 0. The monoisotopic (exact) mass is 275 g/mol. The lowest BCUT2D eigenvalue weighted by Gasteiger charge is -2.17. The lowest BCUT2D eigenvalue weighted by atomic mass is 10.1. The van der Waals surface area contributed by atoms with Crippen LogP contribution in [0.4, 0.5) is 0 Å². The summed E-state index contributed by atoms with van der Waals surface area (Å²) in [4.78, 5) is 14.2. The van der Waals surface area contributed by atoms with Crippen LogP contribution in [0.15, 0.2) is 30.3 Å². The minimum atomic E-state index is -0.226. The van der Waals surface area contributed by atoms with E-state index in [4.69, 9.17) is 5.73 Å². The topological polar surface area (TPSA) is 58.4 Å². The van der Waals surface area contributed by atoms with Gasteiger partial charge in [0.1, 0.15) is 0 Å². The molecule has 1 aromatic carbocycles. The van der Waals surface area contributed by atoms with E-state index in [1.54, 1.807) is 0 Å². The minimum absolute atomic E-state index is 0.144. The molecule has 0 radical (unpaired) electrons. The van der Waals surface area contributed by atoms with Crippen LogP contribution in [0, 0.1) is 5.41 Å². The van der Waals surface area contributed by atoms with Gasteiger partial charge in [0.25, 0.3) is 0 Å². The van der Waals surface area contributed by atoms with Crippen LogP contribution >= 0.6 is 0 Å². The normalized spacial score (nSPS) is 16.1.